The highest BCUT2D eigenvalue weighted by molar-refractivity contribution is 6.05. The minimum atomic E-state index is -0.470. The number of ether oxygens (including phenoxy) is 1. The highest BCUT2D eigenvalue weighted by Crippen LogP contribution is 2.51. The van der Waals surface area contributed by atoms with E-state index >= 15 is 0 Å². The van der Waals surface area contributed by atoms with Crippen molar-refractivity contribution in [2.45, 2.75) is 51.0 Å². The van der Waals surface area contributed by atoms with E-state index in [1.54, 1.807) is 7.11 Å². The number of nitrogens with zero attached hydrogens (tertiary/aromatic N) is 1. The summed E-state index contributed by atoms with van der Waals surface area (Å²) >= 11 is 0. The lowest BCUT2D eigenvalue weighted by Gasteiger charge is -2.50. The molecule has 0 aromatic heterocycles. The van der Waals surface area contributed by atoms with E-state index in [0.717, 1.165) is 31.2 Å². The summed E-state index contributed by atoms with van der Waals surface area (Å²) in [6.45, 7) is 4.91. The number of nitrogens with one attached hydrogen (secondary N) is 1. The lowest BCUT2D eigenvalue weighted by molar-refractivity contribution is -0.121. The van der Waals surface area contributed by atoms with Gasteiger partial charge in [0.25, 0.3) is 5.91 Å². The molecule has 30 heavy (non-hydrogen) atoms. The number of anilines is 1. The van der Waals surface area contributed by atoms with Gasteiger partial charge in [-0.2, -0.15) is 0 Å². The van der Waals surface area contributed by atoms with Crippen molar-refractivity contribution in [3.05, 3.63) is 59.7 Å². The molecule has 1 aliphatic carbocycles. The van der Waals surface area contributed by atoms with E-state index in [1.807, 2.05) is 53.4 Å². The molecule has 0 bridgehead atoms. The number of carbonyl (C=O) groups is 2. The smallest absolute Gasteiger partial charge is 0.254 e. The number of fused-ring (bicyclic) bond motifs is 1. The molecule has 1 unspecified atom stereocenters. The SMILES string of the molecule is COc1ccccc1NC(=O)C1c2ccccc2C(=O)N(CC(C)C)C12CCCC2. The Kier molecular flexibility index (Phi) is 5.54. The first-order chi connectivity index (χ1) is 14.5. The topological polar surface area (TPSA) is 58.6 Å². The predicted molar refractivity (Wildman–Crippen MR) is 118 cm³/mol. The fourth-order valence-corrected chi connectivity index (χ4v) is 5.25. The van der Waals surface area contributed by atoms with Crippen molar-refractivity contribution in [3.8, 4) is 5.75 Å². The second-order valence-electron chi connectivity index (χ2n) is 8.83. The van der Waals surface area contributed by atoms with Crippen LogP contribution in [0.15, 0.2) is 48.5 Å². The lowest BCUT2D eigenvalue weighted by atomic mass is 9.70. The van der Waals surface area contributed by atoms with Crippen LogP contribution in [-0.4, -0.2) is 35.9 Å². The van der Waals surface area contributed by atoms with Crippen LogP contribution < -0.4 is 10.1 Å². The molecule has 1 fully saturated rings. The van der Waals surface area contributed by atoms with Crippen LogP contribution in [0.2, 0.25) is 0 Å². The van der Waals surface area contributed by atoms with E-state index in [0.29, 0.717) is 29.5 Å². The van der Waals surface area contributed by atoms with Gasteiger partial charge in [0.05, 0.1) is 24.3 Å². The van der Waals surface area contributed by atoms with Crippen molar-refractivity contribution >= 4 is 17.5 Å². The quantitative estimate of drug-likeness (QED) is 0.773. The monoisotopic (exact) mass is 406 g/mol. The normalized spacial score (nSPS) is 19.8. The highest BCUT2D eigenvalue weighted by atomic mass is 16.5. The summed E-state index contributed by atoms with van der Waals surface area (Å²) in [5, 5.41) is 3.11. The third kappa shape index (κ3) is 3.36. The Hall–Kier alpha value is -2.82. The number of carbonyl (C=O) groups excluding carboxylic acids is 2. The molecule has 2 aliphatic rings. The molecule has 2 amide bonds. The average molecular weight is 407 g/mol. The first kappa shape index (κ1) is 20.5. The first-order valence-electron chi connectivity index (χ1n) is 10.8. The van der Waals surface area contributed by atoms with Crippen molar-refractivity contribution in [2.75, 3.05) is 19.0 Å². The van der Waals surface area contributed by atoms with Crippen LogP contribution in [0.5, 0.6) is 5.75 Å². The third-order valence-corrected chi connectivity index (χ3v) is 6.47. The second kappa shape index (κ2) is 8.13. The van der Waals surface area contributed by atoms with Crippen molar-refractivity contribution < 1.29 is 14.3 Å². The van der Waals surface area contributed by atoms with Gasteiger partial charge >= 0.3 is 0 Å². The molecule has 1 atom stereocenters. The van der Waals surface area contributed by atoms with E-state index in [-0.39, 0.29) is 11.8 Å². The Balaban J connectivity index is 1.81. The summed E-state index contributed by atoms with van der Waals surface area (Å²) in [6, 6.07) is 15.1. The molecule has 1 saturated carbocycles. The van der Waals surface area contributed by atoms with Gasteiger partial charge in [-0.3, -0.25) is 9.59 Å². The molecule has 2 aromatic carbocycles. The Labute approximate surface area is 178 Å². The fraction of sp³-hybridized carbons (Fsp3) is 0.440. The number of hydrogen-bond donors (Lipinski definition) is 1. The number of para-hydroxylation sites is 2. The highest BCUT2D eigenvalue weighted by Gasteiger charge is 2.55. The summed E-state index contributed by atoms with van der Waals surface area (Å²) in [5.74, 6) is 0.537. The molecule has 1 spiro atoms. The van der Waals surface area contributed by atoms with Gasteiger partial charge in [0, 0.05) is 12.1 Å². The van der Waals surface area contributed by atoms with Gasteiger partial charge < -0.3 is 15.0 Å². The molecule has 0 radical (unpaired) electrons. The minimum absolute atomic E-state index is 0.0579. The van der Waals surface area contributed by atoms with Crippen LogP contribution >= 0.6 is 0 Å². The van der Waals surface area contributed by atoms with E-state index in [4.69, 9.17) is 4.74 Å². The van der Waals surface area contributed by atoms with Crippen molar-refractivity contribution in [1.82, 2.24) is 4.90 Å². The molecule has 5 nitrogen and oxygen atoms in total. The Morgan fingerprint density at radius 1 is 1.13 bits per heavy atom. The maximum absolute atomic E-state index is 13.8. The first-order valence-corrected chi connectivity index (χ1v) is 10.8. The number of benzene rings is 2. The maximum Gasteiger partial charge on any atom is 0.254 e. The summed E-state index contributed by atoms with van der Waals surface area (Å²) in [4.78, 5) is 29.3. The van der Waals surface area contributed by atoms with Crippen molar-refractivity contribution in [1.29, 1.82) is 0 Å². The average Bonchev–Trinajstić information content (AvgIpc) is 3.21. The van der Waals surface area contributed by atoms with Gasteiger partial charge in [0.15, 0.2) is 0 Å². The van der Waals surface area contributed by atoms with Gasteiger partial charge in [-0.05, 0) is 42.5 Å². The molecule has 1 aliphatic heterocycles. The summed E-state index contributed by atoms with van der Waals surface area (Å²) in [6.07, 6.45) is 3.76. The van der Waals surface area contributed by atoms with Crippen LogP contribution in [-0.2, 0) is 4.79 Å². The van der Waals surface area contributed by atoms with Gasteiger partial charge in [-0.15, -0.1) is 0 Å². The second-order valence-corrected chi connectivity index (χ2v) is 8.83. The third-order valence-electron chi connectivity index (χ3n) is 6.47. The number of rotatable bonds is 5. The minimum Gasteiger partial charge on any atom is -0.495 e. The molecule has 158 valence electrons. The Morgan fingerprint density at radius 3 is 2.50 bits per heavy atom. The molecule has 2 aromatic rings. The fourth-order valence-electron chi connectivity index (χ4n) is 5.25. The lowest BCUT2D eigenvalue weighted by Crippen LogP contribution is -2.60. The van der Waals surface area contributed by atoms with E-state index in [2.05, 4.69) is 19.2 Å². The van der Waals surface area contributed by atoms with Gasteiger partial charge in [0.1, 0.15) is 5.75 Å². The number of amides is 2. The molecular formula is C25H30N2O3. The molecule has 0 saturated heterocycles. The Bertz CT molecular complexity index is 947. The summed E-state index contributed by atoms with van der Waals surface area (Å²) in [5.41, 5.74) is 1.68. The zero-order valence-corrected chi connectivity index (χ0v) is 18.0. The van der Waals surface area contributed by atoms with Gasteiger partial charge in [-0.1, -0.05) is 57.0 Å². The van der Waals surface area contributed by atoms with E-state index < -0.39 is 11.5 Å². The molecule has 1 heterocycles. The maximum atomic E-state index is 13.8. The molecular weight excluding hydrogens is 376 g/mol. The zero-order valence-electron chi connectivity index (χ0n) is 18.0. The largest absolute Gasteiger partial charge is 0.495 e. The summed E-state index contributed by atoms with van der Waals surface area (Å²) < 4.78 is 5.43. The number of hydrogen-bond acceptors (Lipinski definition) is 3. The van der Waals surface area contributed by atoms with Crippen LogP contribution in [0.3, 0.4) is 0 Å². The molecule has 4 rings (SSSR count). The Morgan fingerprint density at radius 2 is 1.80 bits per heavy atom. The summed E-state index contributed by atoms with van der Waals surface area (Å²) in [7, 11) is 1.60. The van der Waals surface area contributed by atoms with E-state index in [1.165, 1.54) is 0 Å². The van der Waals surface area contributed by atoms with Gasteiger partial charge in [-0.25, -0.2) is 0 Å². The van der Waals surface area contributed by atoms with Gasteiger partial charge in [0.2, 0.25) is 5.91 Å². The van der Waals surface area contributed by atoms with Crippen LogP contribution in [0.4, 0.5) is 5.69 Å². The zero-order chi connectivity index (χ0) is 21.3. The standard InChI is InChI=1S/C25H30N2O3/c1-17(2)16-27-24(29)19-11-5-4-10-18(19)22(25(27)14-8-9-15-25)23(28)26-20-12-6-7-13-21(20)30-3/h4-7,10-13,17,22H,8-9,14-16H2,1-3H3,(H,26,28). The van der Waals surface area contributed by atoms with Crippen molar-refractivity contribution in [3.63, 3.8) is 0 Å². The number of methoxy groups -OCH3 is 1. The van der Waals surface area contributed by atoms with Crippen LogP contribution in [0.1, 0.15) is 61.4 Å². The predicted octanol–water partition coefficient (Wildman–Crippen LogP) is 4.84. The molecule has 5 heteroatoms. The van der Waals surface area contributed by atoms with Crippen LogP contribution in [0, 0.1) is 5.92 Å². The van der Waals surface area contributed by atoms with Crippen LogP contribution in [0.25, 0.3) is 0 Å². The van der Waals surface area contributed by atoms with Crippen molar-refractivity contribution in [2.24, 2.45) is 5.92 Å². The van der Waals surface area contributed by atoms with E-state index in [9.17, 15) is 9.59 Å². The molecule has 1 N–H and O–H groups in total.